The van der Waals surface area contributed by atoms with Gasteiger partial charge in [-0.15, -0.1) is 0 Å². The minimum Gasteiger partial charge on any atom is -0.444 e. The number of nitrogens with one attached hydrogen (secondary N) is 1. The molecule has 1 atom stereocenters. The first kappa shape index (κ1) is 15.6. The number of rotatable bonds is 1. The molecule has 0 radical (unpaired) electrons. The van der Waals surface area contributed by atoms with E-state index in [-0.39, 0.29) is 12.1 Å². The number of ether oxygens (including phenoxy) is 1. The van der Waals surface area contributed by atoms with Gasteiger partial charge in [0.25, 0.3) is 0 Å². The van der Waals surface area contributed by atoms with Crippen molar-refractivity contribution in [3.8, 4) is 0 Å². The molecule has 0 unspecified atom stereocenters. The average molecular weight is 403 g/mol. The van der Waals surface area contributed by atoms with Gasteiger partial charge in [-0.2, -0.15) is 0 Å². The monoisotopic (exact) mass is 401 g/mol. The maximum Gasteiger partial charge on any atom is 0.408 e. The van der Waals surface area contributed by atoms with E-state index in [1.165, 1.54) is 0 Å². The Morgan fingerprint density at radius 1 is 1.30 bits per heavy atom. The predicted molar refractivity (Wildman–Crippen MR) is 87.6 cm³/mol. The molecule has 0 saturated heterocycles. The van der Waals surface area contributed by atoms with Gasteiger partial charge in [-0.3, -0.25) is 0 Å². The van der Waals surface area contributed by atoms with Gasteiger partial charge >= 0.3 is 6.09 Å². The van der Waals surface area contributed by atoms with Crippen LogP contribution in [0.15, 0.2) is 27.2 Å². The first-order chi connectivity index (χ1) is 9.26. The Morgan fingerprint density at radius 3 is 2.60 bits per heavy atom. The second kappa shape index (κ2) is 5.90. The summed E-state index contributed by atoms with van der Waals surface area (Å²) in [6.07, 6.45) is 4.51. The molecule has 1 aliphatic rings. The van der Waals surface area contributed by atoms with Crippen molar-refractivity contribution < 1.29 is 9.53 Å². The van der Waals surface area contributed by atoms with Crippen molar-refractivity contribution in [1.82, 2.24) is 5.32 Å². The highest BCUT2D eigenvalue weighted by molar-refractivity contribution is 9.13. The Labute approximate surface area is 136 Å². The van der Waals surface area contributed by atoms with Crippen molar-refractivity contribution in [1.29, 1.82) is 0 Å². The molecule has 2 rings (SSSR count). The number of hydrogen-bond donors (Lipinski definition) is 1. The van der Waals surface area contributed by atoms with E-state index in [1.807, 2.05) is 32.9 Å². The average Bonchev–Trinajstić information content (AvgIpc) is 2.29. The lowest BCUT2D eigenvalue weighted by Crippen LogP contribution is -2.35. The van der Waals surface area contributed by atoms with Crippen LogP contribution in [-0.2, 0) is 4.74 Å². The van der Waals surface area contributed by atoms with Crippen molar-refractivity contribution in [3.05, 3.63) is 38.3 Å². The van der Waals surface area contributed by atoms with Crippen LogP contribution in [-0.4, -0.2) is 11.7 Å². The lowest BCUT2D eigenvalue weighted by Gasteiger charge is -2.26. The van der Waals surface area contributed by atoms with Crippen molar-refractivity contribution in [2.75, 3.05) is 0 Å². The number of benzene rings is 1. The SMILES string of the molecule is CC(C)(C)OC(=O)N[C@@H]1CC=Cc2cc(Br)c(Br)cc21. The molecule has 108 valence electrons. The Morgan fingerprint density at radius 2 is 1.95 bits per heavy atom. The molecule has 0 aliphatic heterocycles. The summed E-state index contributed by atoms with van der Waals surface area (Å²) in [5, 5.41) is 2.93. The van der Waals surface area contributed by atoms with Crippen molar-refractivity contribution in [2.45, 2.75) is 38.8 Å². The Hall–Kier alpha value is -0.810. The quantitative estimate of drug-likeness (QED) is 0.701. The standard InChI is InChI=1S/C15H17Br2NO2/c1-15(2,3)20-14(19)18-13-6-4-5-9-7-11(16)12(17)8-10(9)13/h4-5,7-8,13H,6H2,1-3H3,(H,18,19)/t13-/m1/s1. The molecule has 0 saturated carbocycles. The van der Waals surface area contributed by atoms with Crippen LogP contribution >= 0.6 is 31.9 Å². The normalized spacial score (nSPS) is 17.6. The van der Waals surface area contributed by atoms with E-state index in [9.17, 15) is 4.79 Å². The van der Waals surface area contributed by atoms with Crippen molar-refractivity contribution in [2.24, 2.45) is 0 Å². The summed E-state index contributed by atoms with van der Waals surface area (Å²) in [4.78, 5) is 11.9. The zero-order valence-electron chi connectivity index (χ0n) is 11.7. The van der Waals surface area contributed by atoms with Crippen LogP contribution < -0.4 is 5.32 Å². The summed E-state index contributed by atoms with van der Waals surface area (Å²) in [7, 11) is 0. The van der Waals surface area contributed by atoms with Crippen LogP contribution in [0, 0.1) is 0 Å². The summed E-state index contributed by atoms with van der Waals surface area (Å²) >= 11 is 6.99. The molecule has 0 heterocycles. The minimum absolute atomic E-state index is 0.0609. The number of alkyl carbamates (subject to hydrolysis) is 1. The maximum absolute atomic E-state index is 11.9. The highest BCUT2D eigenvalue weighted by atomic mass is 79.9. The third kappa shape index (κ3) is 3.85. The van der Waals surface area contributed by atoms with Crippen LogP contribution in [0.2, 0.25) is 0 Å². The molecule has 5 heteroatoms. The van der Waals surface area contributed by atoms with Gasteiger partial charge in [0.05, 0.1) is 6.04 Å². The maximum atomic E-state index is 11.9. The highest BCUT2D eigenvalue weighted by Gasteiger charge is 2.23. The Kier molecular flexibility index (Phi) is 4.59. The van der Waals surface area contributed by atoms with Crippen LogP contribution in [0.3, 0.4) is 0 Å². The van der Waals surface area contributed by atoms with Gasteiger partial charge in [-0.25, -0.2) is 4.79 Å². The summed E-state index contributed by atoms with van der Waals surface area (Å²) in [5.74, 6) is 0. The Balaban J connectivity index is 2.19. The second-order valence-corrected chi connectivity index (χ2v) is 7.44. The van der Waals surface area contributed by atoms with Crippen LogP contribution in [0.5, 0.6) is 0 Å². The molecular formula is C15H17Br2NO2. The molecule has 0 spiro atoms. The largest absolute Gasteiger partial charge is 0.444 e. The fourth-order valence-electron chi connectivity index (χ4n) is 2.07. The molecule has 1 N–H and O–H groups in total. The van der Waals surface area contributed by atoms with Gasteiger partial charge in [-0.1, -0.05) is 12.2 Å². The summed E-state index contributed by atoms with van der Waals surface area (Å²) in [5.41, 5.74) is 1.71. The van der Waals surface area contributed by atoms with Gasteiger partial charge in [0, 0.05) is 8.95 Å². The van der Waals surface area contributed by atoms with E-state index in [4.69, 9.17) is 4.74 Å². The lowest BCUT2D eigenvalue weighted by atomic mass is 9.93. The molecule has 0 bridgehead atoms. The molecule has 1 amide bonds. The zero-order valence-corrected chi connectivity index (χ0v) is 14.8. The zero-order chi connectivity index (χ0) is 14.9. The van der Waals surface area contributed by atoms with Gasteiger partial charge in [0.2, 0.25) is 0 Å². The molecular weight excluding hydrogens is 386 g/mol. The Bertz CT molecular complexity index is 562. The number of halogens is 2. The number of carbonyl (C=O) groups is 1. The first-order valence-electron chi connectivity index (χ1n) is 6.41. The van der Waals surface area contributed by atoms with E-state index in [2.05, 4.69) is 49.3 Å². The number of amides is 1. The number of hydrogen-bond acceptors (Lipinski definition) is 2. The van der Waals surface area contributed by atoms with E-state index in [0.717, 1.165) is 26.5 Å². The molecule has 0 aromatic heterocycles. The van der Waals surface area contributed by atoms with Crippen molar-refractivity contribution in [3.63, 3.8) is 0 Å². The van der Waals surface area contributed by atoms with Crippen LogP contribution in [0.4, 0.5) is 4.79 Å². The van der Waals surface area contributed by atoms with Gasteiger partial charge in [0.1, 0.15) is 5.60 Å². The van der Waals surface area contributed by atoms with E-state index in [1.54, 1.807) is 0 Å². The fraction of sp³-hybridized carbons (Fsp3) is 0.400. The van der Waals surface area contributed by atoms with E-state index >= 15 is 0 Å². The van der Waals surface area contributed by atoms with E-state index in [0.29, 0.717) is 0 Å². The third-order valence-electron chi connectivity index (χ3n) is 2.86. The van der Waals surface area contributed by atoms with E-state index < -0.39 is 5.60 Å². The van der Waals surface area contributed by atoms with Crippen LogP contribution in [0.25, 0.3) is 6.08 Å². The fourth-order valence-corrected chi connectivity index (χ4v) is 2.79. The molecule has 1 aliphatic carbocycles. The summed E-state index contributed by atoms with van der Waals surface area (Å²) in [6.45, 7) is 5.57. The van der Waals surface area contributed by atoms with Crippen LogP contribution in [0.1, 0.15) is 44.4 Å². The molecule has 0 fully saturated rings. The molecule has 20 heavy (non-hydrogen) atoms. The first-order valence-corrected chi connectivity index (χ1v) is 8.00. The van der Waals surface area contributed by atoms with Gasteiger partial charge < -0.3 is 10.1 Å². The summed E-state index contributed by atoms with van der Waals surface area (Å²) in [6, 6.07) is 4.01. The summed E-state index contributed by atoms with van der Waals surface area (Å²) < 4.78 is 7.29. The number of fused-ring (bicyclic) bond motifs is 1. The van der Waals surface area contributed by atoms with Gasteiger partial charge in [0.15, 0.2) is 0 Å². The highest BCUT2D eigenvalue weighted by Crippen LogP contribution is 2.34. The minimum atomic E-state index is -0.488. The van der Waals surface area contributed by atoms with Gasteiger partial charge in [-0.05, 0) is 82.3 Å². The predicted octanol–water partition coefficient (Wildman–Crippen LogP) is 5.19. The number of carbonyl (C=O) groups excluding carboxylic acids is 1. The topological polar surface area (TPSA) is 38.3 Å². The molecule has 1 aromatic rings. The second-order valence-electron chi connectivity index (χ2n) is 5.73. The molecule has 1 aromatic carbocycles. The lowest BCUT2D eigenvalue weighted by molar-refractivity contribution is 0.0503. The smallest absolute Gasteiger partial charge is 0.408 e. The van der Waals surface area contributed by atoms with Crippen molar-refractivity contribution >= 4 is 44.0 Å². The third-order valence-corrected chi connectivity index (χ3v) is 4.71. The molecule has 3 nitrogen and oxygen atoms in total.